The summed E-state index contributed by atoms with van der Waals surface area (Å²) < 4.78 is 18.2. The van der Waals surface area contributed by atoms with Crippen LogP contribution in [-0.2, 0) is 4.79 Å². The van der Waals surface area contributed by atoms with E-state index in [0.29, 0.717) is 22.7 Å². The van der Waals surface area contributed by atoms with E-state index < -0.39 is 6.10 Å². The van der Waals surface area contributed by atoms with E-state index in [9.17, 15) is 14.3 Å². The predicted octanol–water partition coefficient (Wildman–Crippen LogP) is 6.08. The summed E-state index contributed by atoms with van der Waals surface area (Å²) in [5.74, 6) is -0.196. The maximum absolute atomic E-state index is 13.2. The van der Waals surface area contributed by atoms with E-state index in [1.807, 2.05) is 30.0 Å². The Labute approximate surface area is 172 Å². The Bertz CT molecular complexity index is 831. The maximum Gasteiger partial charge on any atom is 0.249 e. The highest BCUT2D eigenvalue weighted by atomic mass is 35.5. The van der Waals surface area contributed by atoms with Gasteiger partial charge in [0, 0.05) is 28.6 Å². The number of anilines is 1. The number of phenols is 1. The Morgan fingerprint density at radius 3 is 2.64 bits per heavy atom. The zero-order chi connectivity index (χ0) is 20.8. The van der Waals surface area contributed by atoms with Crippen molar-refractivity contribution in [2.75, 3.05) is 5.32 Å². The molecule has 0 bridgehead atoms. The van der Waals surface area contributed by atoms with Crippen molar-refractivity contribution in [3.63, 3.8) is 0 Å². The molecule has 28 heavy (non-hydrogen) atoms. The largest absolute Gasteiger partial charge is 0.504 e. The fourth-order valence-electron chi connectivity index (χ4n) is 2.94. The first-order valence-electron chi connectivity index (χ1n) is 9.20. The van der Waals surface area contributed by atoms with Gasteiger partial charge in [-0.05, 0) is 35.7 Å². The molecule has 0 fully saturated rings. The van der Waals surface area contributed by atoms with Crippen LogP contribution < -0.4 is 10.1 Å². The minimum absolute atomic E-state index is 0.0521. The van der Waals surface area contributed by atoms with E-state index in [2.05, 4.69) is 5.32 Å². The molecule has 4 atom stereocenters. The van der Waals surface area contributed by atoms with Crippen molar-refractivity contribution in [2.24, 2.45) is 5.92 Å². The minimum Gasteiger partial charge on any atom is -0.504 e. The van der Waals surface area contributed by atoms with Crippen LogP contribution in [0.15, 0.2) is 36.4 Å². The number of aromatic hydroxyl groups is 1. The van der Waals surface area contributed by atoms with Crippen LogP contribution in [0.2, 0.25) is 5.02 Å². The lowest BCUT2D eigenvalue weighted by atomic mass is 9.90. The van der Waals surface area contributed by atoms with Crippen LogP contribution >= 0.6 is 20.8 Å². The number of amides is 1. The molecule has 2 aromatic rings. The highest BCUT2D eigenvalue weighted by molar-refractivity contribution is 7.16. The number of hydrogen-bond acceptors (Lipinski definition) is 3. The minimum atomic E-state index is -1.63. The Morgan fingerprint density at radius 2 is 2.00 bits per heavy atom. The number of benzene rings is 2. The lowest BCUT2D eigenvalue weighted by Crippen LogP contribution is -2.16. The smallest absolute Gasteiger partial charge is 0.249 e. The number of ether oxygens (including phenoxy) is 1. The molecule has 2 N–H and O–H groups in total. The monoisotopic (exact) mass is 425 g/mol. The highest BCUT2D eigenvalue weighted by Crippen LogP contribution is 2.40. The van der Waals surface area contributed by atoms with Gasteiger partial charge in [-0.3, -0.25) is 4.79 Å². The van der Waals surface area contributed by atoms with Crippen LogP contribution in [-0.4, -0.2) is 17.1 Å². The molecule has 0 aliphatic heterocycles. The van der Waals surface area contributed by atoms with Crippen LogP contribution in [0.1, 0.15) is 50.7 Å². The molecule has 2 aromatic carbocycles. The summed E-state index contributed by atoms with van der Waals surface area (Å²) in [6, 6.07) is 10.1. The normalized spacial score (nSPS) is 14.2. The molecule has 1 amide bonds. The van der Waals surface area contributed by atoms with Crippen molar-refractivity contribution in [1.82, 2.24) is 0 Å². The van der Waals surface area contributed by atoms with Crippen molar-refractivity contribution in [3.05, 3.63) is 52.5 Å². The predicted molar refractivity (Wildman–Crippen MR) is 115 cm³/mol. The van der Waals surface area contributed by atoms with Gasteiger partial charge in [-0.1, -0.05) is 60.2 Å². The molecule has 0 aliphatic carbocycles. The summed E-state index contributed by atoms with van der Waals surface area (Å²) in [6.07, 6.45) is -0.283. The van der Waals surface area contributed by atoms with Gasteiger partial charge < -0.3 is 15.2 Å². The second-order valence-electron chi connectivity index (χ2n) is 6.88. The molecule has 2 rings (SSSR count). The fraction of sp³-hybridized carbons (Fsp3) is 0.381. The summed E-state index contributed by atoms with van der Waals surface area (Å²) in [5.41, 5.74) is 1.92. The molecule has 0 heterocycles. The Morgan fingerprint density at radius 1 is 1.29 bits per heavy atom. The zero-order valence-corrected chi connectivity index (χ0v) is 18.1. The van der Waals surface area contributed by atoms with Gasteiger partial charge in [-0.25, -0.2) is 0 Å². The number of carbonyl (C=O) groups excluding carboxylic acids is 1. The van der Waals surface area contributed by atoms with Gasteiger partial charge in [0.2, 0.25) is 12.0 Å². The van der Waals surface area contributed by atoms with Gasteiger partial charge in [0.05, 0.1) is 0 Å². The topological polar surface area (TPSA) is 58.6 Å². The van der Waals surface area contributed by atoms with E-state index in [0.717, 1.165) is 12.0 Å². The molecule has 0 aliphatic rings. The second-order valence-corrected chi connectivity index (χ2v) is 7.84. The molecule has 0 aromatic heterocycles. The molecule has 0 saturated carbocycles. The molecule has 0 spiro atoms. The molecule has 0 saturated heterocycles. The number of nitrogens with one attached hydrogen (secondary N) is 1. The number of rotatable bonds is 8. The van der Waals surface area contributed by atoms with E-state index in [-0.39, 0.29) is 29.2 Å². The van der Waals surface area contributed by atoms with Crippen molar-refractivity contribution < 1.29 is 19.0 Å². The standard InChI is InChI=1S/C21H26ClFNO3P/c1-4-12(2)10-19(25)24-17-9-8-14(22)11-16(17)13(3)15-6-5-7-18(20(15)26)27-21(23)28/h5-9,11-13,21,26H,4,10,28H2,1-3H3,(H,24,25)/t12?,13-,21?/m1/s1. The fourth-order valence-corrected chi connectivity index (χ4v) is 3.27. The molecule has 152 valence electrons. The summed E-state index contributed by atoms with van der Waals surface area (Å²) in [7, 11) is 1.88. The first-order valence-corrected chi connectivity index (χ1v) is 10.2. The Kier molecular flexibility index (Phi) is 8.09. The molecule has 3 unspecified atom stereocenters. The third-order valence-corrected chi connectivity index (χ3v) is 5.09. The van der Waals surface area contributed by atoms with Crippen LogP contribution in [0.5, 0.6) is 11.5 Å². The third kappa shape index (κ3) is 5.83. The molecular weight excluding hydrogens is 400 g/mol. The summed E-state index contributed by atoms with van der Waals surface area (Å²) >= 11 is 6.18. The van der Waals surface area contributed by atoms with Crippen molar-refractivity contribution in [3.8, 4) is 11.5 Å². The highest BCUT2D eigenvalue weighted by Gasteiger charge is 2.21. The molecular formula is C21H26ClFNO3P. The number of para-hydroxylation sites is 1. The van der Waals surface area contributed by atoms with E-state index in [1.54, 1.807) is 30.3 Å². The van der Waals surface area contributed by atoms with Gasteiger partial charge in [-0.15, -0.1) is 0 Å². The van der Waals surface area contributed by atoms with Crippen LogP contribution in [0, 0.1) is 5.92 Å². The molecule has 0 radical (unpaired) electrons. The maximum atomic E-state index is 13.2. The lowest BCUT2D eigenvalue weighted by Gasteiger charge is -2.21. The lowest BCUT2D eigenvalue weighted by molar-refractivity contribution is -0.117. The zero-order valence-electron chi connectivity index (χ0n) is 16.2. The summed E-state index contributed by atoms with van der Waals surface area (Å²) in [5, 5.41) is 14.0. The van der Waals surface area contributed by atoms with E-state index in [4.69, 9.17) is 16.3 Å². The quantitative estimate of drug-likeness (QED) is 0.504. The second kappa shape index (κ2) is 10.1. The first kappa shape index (κ1) is 22.4. The van der Waals surface area contributed by atoms with E-state index in [1.165, 1.54) is 6.07 Å². The number of phenolic OH excluding ortho intramolecular Hbond substituents is 1. The number of hydrogen-bond donors (Lipinski definition) is 2. The van der Waals surface area contributed by atoms with Crippen LogP contribution in [0.25, 0.3) is 0 Å². The molecule has 4 nitrogen and oxygen atoms in total. The van der Waals surface area contributed by atoms with Gasteiger partial charge in [0.25, 0.3) is 0 Å². The SMILES string of the molecule is CCC(C)CC(=O)Nc1ccc(Cl)cc1[C@H](C)c1cccc(OC(F)P)c1O. The van der Waals surface area contributed by atoms with Crippen molar-refractivity contribution >= 4 is 32.4 Å². The van der Waals surface area contributed by atoms with Crippen LogP contribution in [0.3, 0.4) is 0 Å². The first-order chi connectivity index (χ1) is 13.2. The molecule has 7 heteroatoms. The average molecular weight is 426 g/mol. The van der Waals surface area contributed by atoms with Gasteiger partial charge >= 0.3 is 0 Å². The van der Waals surface area contributed by atoms with Crippen LogP contribution in [0.4, 0.5) is 10.1 Å². The van der Waals surface area contributed by atoms with E-state index >= 15 is 0 Å². The number of alkyl halides is 1. The van der Waals surface area contributed by atoms with Gasteiger partial charge in [-0.2, -0.15) is 4.39 Å². The number of carbonyl (C=O) groups is 1. The Hall–Kier alpha value is -1.84. The van der Waals surface area contributed by atoms with Gasteiger partial charge in [0.15, 0.2) is 11.5 Å². The average Bonchev–Trinajstić information content (AvgIpc) is 2.63. The summed E-state index contributed by atoms with van der Waals surface area (Å²) in [4.78, 5) is 12.4. The number of halogens is 2. The third-order valence-electron chi connectivity index (χ3n) is 4.72. The van der Waals surface area contributed by atoms with Crippen molar-refractivity contribution in [1.29, 1.82) is 0 Å². The van der Waals surface area contributed by atoms with Crippen molar-refractivity contribution in [2.45, 2.75) is 45.6 Å². The summed E-state index contributed by atoms with van der Waals surface area (Å²) in [6.45, 7) is 5.95. The van der Waals surface area contributed by atoms with Gasteiger partial charge in [0.1, 0.15) is 0 Å². The Balaban J connectivity index is 2.36.